The molecule has 2 aromatic heterocycles. The number of rotatable bonds is 4. The van der Waals surface area contributed by atoms with Crippen LogP contribution in [0.25, 0.3) is 0 Å². The molecule has 0 bridgehead atoms. The highest BCUT2D eigenvalue weighted by Gasteiger charge is 2.22. The molecule has 1 aliphatic heterocycles. The highest BCUT2D eigenvalue weighted by Crippen LogP contribution is 2.14. The molecule has 1 amide bonds. The smallest absolute Gasteiger partial charge is 0.244 e. The highest BCUT2D eigenvalue weighted by molar-refractivity contribution is 6.31. The Morgan fingerprint density at radius 3 is 2.65 bits per heavy atom. The van der Waals surface area contributed by atoms with E-state index in [4.69, 9.17) is 11.6 Å². The van der Waals surface area contributed by atoms with Gasteiger partial charge < -0.3 is 4.90 Å². The van der Waals surface area contributed by atoms with Crippen LogP contribution in [-0.4, -0.2) is 56.7 Å². The predicted octanol–water partition coefficient (Wildman–Crippen LogP) is 1.58. The fourth-order valence-electron chi connectivity index (χ4n) is 2.72. The lowest BCUT2D eigenvalue weighted by atomic mass is 10.2. The summed E-state index contributed by atoms with van der Waals surface area (Å²) in [6.45, 7) is 6.23. The summed E-state index contributed by atoms with van der Waals surface area (Å²) in [5, 5.41) is 4.74. The Balaban J connectivity index is 1.50. The van der Waals surface area contributed by atoms with Gasteiger partial charge in [-0.25, -0.2) is 0 Å². The Bertz CT molecular complexity index is 664. The van der Waals surface area contributed by atoms with E-state index in [1.165, 1.54) is 5.56 Å². The quantitative estimate of drug-likeness (QED) is 0.852. The Hall–Kier alpha value is -1.92. The molecule has 0 N–H and O–H groups in total. The van der Waals surface area contributed by atoms with Crippen molar-refractivity contribution in [2.45, 2.75) is 20.0 Å². The summed E-state index contributed by atoms with van der Waals surface area (Å²) < 4.78 is 1.66. The van der Waals surface area contributed by atoms with Crippen molar-refractivity contribution in [1.29, 1.82) is 0 Å². The van der Waals surface area contributed by atoms with Crippen LogP contribution in [0.3, 0.4) is 0 Å². The maximum atomic E-state index is 12.4. The Morgan fingerprint density at radius 1 is 1.26 bits per heavy atom. The van der Waals surface area contributed by atoms with E-state index >= 15 is 0 Å². The van der Waals surface area contributed by atoms with Crippen molar-refractivity contribution >= 4 is 17.5 Å². The van der Waals surface area contributed by atoms with E-state index in [-0.39, 0.29) is 12.5 Å². The number of halogens is 1. The zero-order valence-electron chi connectivity index (χ0n) is 13.2. The Morgan fingerprint density at radius 2 is 2.04 bits per heavy atom. The number of aromatic nitrogens is 3. The third kappa shape index (κ3) is 3.89. The van der Waals surface area contributed by atoms with Crippen molar-refractivity contribution < 1.29 is 4.79 Å². The molecule has 0 unspecified atom stereocenters. The van der Waals surface area contributed by atoms with Gasteiger partial charge in [0.1, 0.15) is 6.54 Å². The van der Waals surface area contributed by atoms with E-state index in [0.717, 1.165) is 38.4 Å². The molecule has 0 saturated carbocycles. The number of amides is 1. The second kappa shape index (κ2) is 7.10. The standard InChI is InChI=1S/C16H20ClN5O/c1-13-15(17)10-19-22(13)12-16(23)21-7-5-20(6-8-21)11-14-3-2-4-18-9-14/h2-4,9-10H,5-8,11-12H2,1H3. The van der Waals surface area contributed by atoms with Crippen LogP contribution in [0.5, 0.6) is 0 Å². The van der Waals surface area contributed by atoms with Crippen molar-refractivity contribution in [2.24, 2.45) is 0 Å². The zero-order valence-corrected chi connectivity index (χ0v) is 13.9. The van der Waals surface area contributed by atoms with Crippen LogP contribution in [0, 0.1) is 6.92 Å². The SMILES string of the molecule is Cc1c(Cl)cnn1CC(=O)N1CCN(Cc2cccnc2)CC1. The molecule has 3 rings (SSSR count). The molecule has 0 atom stereocenters. The van der Waals surface area contributed by atoms with Crippen LogP contribution in [0.4, 0.5) is 0 Å². The summed E-state index contributed by atoms with van der Waals surface area (Å²) in [4.78, 5) is 20.8. The summed E-state index contributed by atoms with van der Waals surface area (Å²) in [6, 6.07) is 4.03. The number of pyridine rings is 1. The van der Waals surface area contributed by atoms with Crippen molar-refractivity contribution in [3.05, 3.63) is 47.0 Å². The Labute approximate surface area is 140 Å². The van der Waals surface area contributed by atoms with Crippen molar-refractivity contribution in [1.82, 2.24) is 24.6 Å². The molecule has 7 heteroatoms. The first kappa shape index (κ1) is 16.0. The van der Waals surface area contributed by atoms with Crippen LogP contribution < -0.4 is 0 Å². The van der Waals surface area contributed by atoms with Gasteiger partial charge in [0.15, 0.2) is 0 Å². The summed E-state index contributed by atoms with van der Waals surface area (Å²) >= 11 is 5.97. The molecule has 0 spiro atoms. The normalized spacial score (nSPS) is 15.8. The third-order valence-electron chi connectivity index (χ3n) is 4.18. The van der Waals surface area contributed by atoms with Gasteiger partial charge in [0, 0.05) is 45.1 Å². The first-order chi connectivity index (χ1) is 11.1. The van der Waals surface area contributed by atoms with Crippen molar-refractivity contribution in [3.63, 3.8) is 0 Å². The molecule has 0 radical (unpaired) electrons. The van der Waals surface area contributed by atoms with E-state index in [0.29, 0.717) is 5.02 Å². The van der Waals surface area contributed by atoms with Gasteiger partial charge in [0.2, 0.25) is 5.91 Å². The molecule has 122 valence electrons. The van der Waals surface area contributed by atoms with Gasteiger partial charge in [-0.05, 0) is 18.6 Å². The summed E-state index contributed by atoms with van der Waals surface area (Å²) in [5.74, 6) is 0.0916. The average molecular weight is 334 g/mol. The lowest BCUT2D eigenvalue weighted by Crippen LogP contribution is -2.49. The van der Waals surface area contributed by atoms with Gasteiger partial charge in [0.25, 0.3) is 0 Å². The lowest BCUT2D eigenvalue weighted by Gasteiger charge is -2.34. The minimum absolute atomic E-state index is 0.0916. The second-order valence-electron chi connectivity index (χ2n) is 5.75. The Kier molecular flexibility index (Phi) is 4.93. The van der Waals surface area contributed by atoms with Crippen LogP contribution in [0.1, 0.15) is 11.3 Å². The highest BCUT2D eigenvalue weighted by atomic mass is 35.5. The third-order valence-corrected chi connectivity index (χ3v) is 4.55. The number of hydrogen-bond donors (Lipinski definition) is 0. The van der Waals surface area contributed by atoms with Crippen LogP contribution >= 0.6 is 11.6 Å². The van der Waals surface area contributed by atoms with E-state index in [2.05, 4.69) is 21.0 Å². The predicted molar refractivity (Wildman–Crippen MR) is 88.1 cm³/mol. The molecular weight excluding hydrogens is 314 g/mol. The molecule has 1 saturated heterocycles. The van der Waals surface area contributed by atoms with E-state index in [1.54, 1.807) is 17.1 Å². The summed E-state index contributed by atoms with van der Waals surface area (Å²) in [5.41, 5.74) is 2.03. The van der Waals surface area contributed by atoms with Gasteiger partial charge in [-0.2, -0.15) is 5.10 Å². The van der Waals surface area contributed by atoms with Crippen LogP contribution in [0.2, 0.25) is 5.02 Å². The number of carbonyl (C=O) groups is 1. The molecule has 0 aliphatic carbocycles. The average Bonchev–Trinajstić information content (AvgIpc) is 2.88. The van der Waals surface area contributed by atoms with E-state index in [9.17, 15) is 4.79 Å². The first-order valence-electron chi connectivity index (χ1n) is 7.70. The van der Waals surface area contributed by atoms with Crippen LogP contribution in [-0.2, 0) is 17.9 Å². The molecule has 1 aliphatic rings. The van der Waals surface area contributed by atoms with Crippen LogP contribution in [0.15, 0.2) is 30.7 Å². The maximum absolute atomic E-state index is 12.4. The maximum Gasteiger partial charge on any atom is 0.244 e. The van der Waals surface area contributed by atoms with E-state index < -0.39 is 0 Å². The van der Waals surface area contributed by atoms with Gasteiger partial charge >= 0.3 is 0 Å². The number of carbonyl (C=O) groups excluding carboxylic acids is 1. The summed E-state index contributed by atoms with van der Waals surface area (Å²) in [6.07, 6.45) is 5.25. The van der Waals surface area contributed by atoms with Gasteiger partial charge in [-0.1, -0.05) is 17.7 Å². The fraction of sp³-hybridized carbons (Fsp3) is 0.438. The van der Waals surface area contributed by atoms with Crippen molar-refractivity contribution in [2.75, 3.05) is 26.2 Å². The van der Waals surface area contributed by atoms with Crippen molar-refractivity contribution in [3.8, 4) is 0 Å². The molecular formula is C16H20ClN5O. The number of nitrogens with zero attached hydrogens (tertiary/aromatic N) is 5. The van der Waals surface area contributed by atoms with Gasteiger partial charge in [0.05, 0.1) is 16.9 Å². The molecule has 23 heavy (non-hydrogen) atoms. The molecule has 2 aromatic rings. The van der Waals surface area contributed by atoms with Gasteiger partial charge in [-0.15, -0.1) is 0 Å². The minimum Gasteiger partial charge on any atom is -0.339 e. The molecule has 1 fully saturated rings. The minimum atomic E-state index is 0.0916. The molecule has 3 heterocycles. The second-order valence-corrected chi connectivity index (χ2v) is 6.16. The number of piperazine rings is 1. The fourth-order valence-corrected chi connectivity index (χ4v) is 2.86. The first-order valence-corrected chi connectivity index (χ1v) is 8.08. The molecule has 0 aromatic carbocycles. The van der Waals surface area contributed by atoms with E-state index in [1.807, 2.05) is 24.1 Å². The molecule has 6 nitrogen and oxygen atoms in total. The summed E-state index contributed by atoms with van der Waals surface area (Å²) in [7, 11) is 0. The monoisotopic (exact) mass is 333 g/mol. The lowest BCUT2D eigenvalue weighted by molar-refractivity contribution is -0.133. The number of hydrogen-bond acceptors (Lipinski definition) is 4. The zero-order chi connectivity index (χ0) is 16.2. The topological polar surface area (TPSA) is 54.3 Å². The van der Waals surface area contributed by atoms with Gasteiger partial charge in [-0.3, -0.25) is 19.4 Å². The largest absolute Gasteiger partial charge is 0.339 e.